The normalized spacial score (nSPS) is 24.8. The van der Waals surface area contributed by atoms with Crippen molar-refractivity contribution in [2.45, 2.75) is 65.4 Å². The molecule has 0 aromatic rings. The Kier molecular flexibility index (Phi) is 7.92. The summed E-state index contributed by atoms with van der Waals surface area (Å²) in [6.07, 6.45) is 14.5. The van der Waals surface area contributed by atoms with Gasteiger partial charge in [0.05, 0.1) is 12.5 Å². The van der Waals surface area contributed by atoms with Gasteiger partial charge < -0.3 is 9.47 Å². The van der Waals surface area contributed by atoms with E-state index in [4.69, 9.17) is 4.74 Å². The Morgan fingerprint density at radius 1 is 1.23 bits per heavy atom. The van der Waals surface area contributed by atoms with E-state index in [1.807, 2.05) is 27.7 Å². The van der Waals surface area contributed by atoms with Crippen LogP contribution in [0, 0.1) is 11.8 Å². The molecule has 2 unspecified atom stereocenters. The Balaban J connectivity index is 0.000000166. The van der Waals surface area contributed by atoms with Gasteiger partial charge in [-0.25, -0.2) is 0 Å². The largest absolute Gasteiger partial charge is 0.468 e. The van der Waals surface area contributed by atoms with Gasteiger partial charge in [0.1, 0.15) is 11.4 Å². The van der Waals surface area contributed by atoms with Gasteiger partial charge in [-0.2, -0.15) is 0 Å². The number of rotatable bonds is 1. The summed E-state index contributed by atoms with van der Waals surface area (Å²) in [6.45, 7) is 7.78. The first-order valence-corrected chi connectivity index (χ1v) is 8.05. The van der Waals surface area contributed by atoms with Gasteiger partial charge in [0.25, 0.3) is 6.47 Å². The maximum atomic E-state index is 9.60. The molecule has 2 saturated carbocycles. The molecule has 0 aromatic heterocycles. The lowest BCUT2D eigenvalue weighted by Crippen LogP contribution is -2.18. The summed E-state index contributed by atoms with van der Waals surface area (Å²) < 4.78 is 9.51. The van der Waals surface area contributed by atoms with Gasteiger partial charge in [-0.1, -0.05) is 19.3 Å². The number of fused-ring (bicyclic) bond motifs is 1. The molecule has 2 fully saturated rings. The summed E-state index contributed by atoms with van der Waals surface area (Å²) >= 11 is 0. The van der Waals surface area contributed by atoms with E-state index in [2.05, 4.69) is 9.73 Å². The first-order valence-electron chi connectivity index (χ1n) is 8.05. The average molecular weight is 307 g/mol. The van der Waals surface area contributed by atoms with Crippen LogP contribution in [0.15, 0.2) is 29.3 Å². The molecule has 1 heterocycles. The Morgan fingerprint density at radius 3 is 2.27 bits per heavy atom. The van der Waals surface area contributed by atoms with Crippen molar-refractivity contribution < 1.29 is 14.3 Å². The highest BCUT2D eigenvalue weighted by molar-refractivity contribution is 5.71. The first kappa shape index (κ1) is 18.5. The van der Waals surface area contributed by atoms with Crippen molar-refractivity contribution in [1.29, 1.82) is 0 Å². The van der Waals surface area contributed by atoms with Crippen LogP contribution in [0.2, 0.25) is 0 Å². The maximum absolute atomic E-state index is 9.60. The minimum absolute atomic E-state index is 0.318. The maximum Gasteiger partial charge on any atom is 0.293 e. The van der Waals surface area contributed by atoms with E-state index in [1.165, 1.54) is 18.3 Å². The van der Waals surface area contributed by atoms with Crippen molar-refractivity contribution in [1.82, 2.24) is 0 Å². The van der Waals surface area contributed by atoms with Crippen molar-refractivity contribution in [3.63, 3.8) is 0 Å². The highest BCUT2D eigenvalue weighted by atomic mass is 16.5. The fourth-order valence-electron chi connectivity index (χ4n) is 2.59. The number of carbonyl (C=O) groups is 1. The van der Waals surface area contributed by atoms with Crippen molar-refractivity contribution >= 4 is 12.7 Å². The van der Waals surface area contributed by atoms with Crippen molar-refractivity contribution in [2.75, 3.05) is 0 Å². The minimum Gasteiger partial charge on any atom is -0.468 e. The van der Waals surface area contributed by atoms with Crippen LogP contribution in [0.5, 0.6) is 0 Å². The van der Waals surface area contributed by atoms with Crippen LogP contribution in [-0.4, -0.2) is 18.3 Å². The van der Waals surface area contributed by atoms with Crippen LogP contribution in [0.1, 0.15) is 59.8 Å². The molecule has 22 heavy (non-hydrogen) atoms. The monoisotopic (exact) mass is 307 g/mol. The zero-order valence-corrected chi connectivity index (χ0v) is 14.2. The number of carbonyl (C=O) groups excluding carboxylic acids is 1. The standard InChI is InChI=1S/C7H12.C6H7NO.C5H10O2/c1-2-6-4-5-7(6)3-1;1-6-5-7-3-2-4-8-6;1-5(2,3)7-4-6/h6-7H,1-5H2;2-5H,1H3;4H,1-3H3. The van der Waals surface area contributed by atoms with E-state index in [0.29, 0.717) is 6.47 Å². The molecule has 4 nitrogen and oxygen atoms in total. The van der Waals surface area contributed by atoms with Gasteiger partial charge in [0, 0.05) is 6.21 Å². The van der Waals surface area contributed by atoms with Crippen LogP contribution in [0.4, 0.5) is 0 Å². The van der Waals surface area contributed by atoms with Crippen LogP contribution >= 0.6 is 0 Å². The number of ether oxygens (including phenoxy) is 2. The predicted octanol–water partition coefficient (Wildman–Crippen LogP) is 4.62. The molecule has 0 bridgehead atoms. The first-order chi connectivity index (χ1) is 10.4. The Bertz CT molecular complexity index is 409. The Hall–Kier alpha value is -1.58. The quantitative estimate of drug-likeness (QED) is 0.664. The van der Waals surface area contributed by atoms with Gasteiger partial charge in [-0.15, -0.1) is 0 Å². The zero-order chi connectivity index (χ0) is 16.4. The molecular formula is C18H29NO3. The topological polar surface area (TPSA) is 47.9 Å². The summed E-state index contributed by atoms with van der Waals surface area (Å²) in [7, 11) is 0. The van der Waals surface area contributed by atoms with Crippen LogP contribution < -0.4 is 0 Å². The lowest BCUT2D eigenvalue weighted by Gasteiger charge is -2.29. The van der Waals surface area contributed by atoms with Gasteiger partial charge >= 0.3 is 0 Å². The Labute approximate surface area is 134 Å². The molecule has 3 aliphatic rings. The molecule has 0 aromatic carbocycles. The molecule has 4 heteroatoms. The molecule has 0 spiro atoms. The summed E-state index contributed by atoms with van der Waals surface area (Å²) in [4.78, 5) is 13.5. The number of hydrogen-bond acceptors (Lipinski definition) is 4. The van der Waals surface area contributed by atoms with Crippen molar-refractivity contribution in [2.24, 2.45) is 16.8 Å². The molecule has 124 valence electrons. The minimum atomic E-state index is -0.318. The number of allylic oxidation sites excluding steroid dienone is 2. The fraction of sp³-hybridized carbons (Fsp3) is 0.667. The second-order valence-corrected chi connectivity index (χ2v) is 6.84. The molecular weight excluding hydrogens is 278 g/mol. The smallest absolute Gasteiger partial charge is 0.293 e. The average Bonchev–Trinajstić information content (AvgIpc) is 2.61. The molecule has 0 saturated heterocycles. The van der Waals surface area contributed by atoms with E-state index in [-0.39, 0.29) is 5.60 Å². The van der Waals surface area contributed by atoms with Gasteiger partial charge in [-0.05, 0) is 58.4 Å². The molecule has 2 atom stereocenters. The third kappa shape index (κ3) is 8.01. The van der Waals surface area contributed by atoms with Gasteiger partial charge in [0.2, 0.25) is 0 Å². The molecule has 0 radical (unpaired) electrons. The van der Waals surface area contributed by atoms with Crippen LogP contribution in [-0.2, 0) is 14.3 Å². The van der Waals surface area contributed by atoms with E-state index in [1.54, 1.807) is 50.4 Å². The van der Waals surface area contributed by atoms with E-state index in [9.17, 15) is 4.79 Å². The number of hydrogen-bond donors (Lipinski definition) is 0. The van der Waals surface area contributed by atoms with E-state index < -0.39 is 0 Å². The van der Waals surface area contributed by atoms with Crippen molar-refractivity contribution in [3.8, 4) is 0 Å². The summed E-state index contributed by atoms with van der Waals surface area (Å²) in [5, 5.41) is 0. The molecule has 0 amide bonds. The second-order valence-electron chi connectivity index (χ2n) is 6.84. The van der Waals surface area contributed by atoms with E-state index >= 15 is 0 Å². The lowest BCUT2D eigenvalue weighted by molar-refractivity contribution is -0.138. The summed E-state index contributed by atoms with van der Waals surface area (Å²) in [5.74, 6) is 3.20. The third-order valence-corrected chi connectivity index (χ3v) is 3.89. The zero-order valence-electron chi connectivity index (χ0n) is 14.2. The molecule has 1 aliphatic heterocycles. The summed E-state index contributed by atoms with van der Waals surface area (Å²) in [6, 6.07) is 0. The molecule has 2 aliphatic carbocycles. The van der Waals surface area contributed by atoms with Gasteiger partial charge in [-0.3, -0.25) is 9.79 Å². The summed E-state index contributed by atoms with van der Waals surface area (Å²) in [5.41, 5.74) is -0.318. The highest BCUT2D eigenvalue weighted by Crippen LogP contribution is 2.46. The van der Waals surface area contributed by atoms with Gasteiger partial charge in [0.15, 0.2) is 0 Å². The third-order valence-electron chi connectivity index (χ3n) is 3.89. The SMILES string of the molecule is C1CC2CCC2C1.CC(C)(C)OC=O.CC1=CN=CC=CO1. The molecule has 3 rings (SSSR count). The van der Waals surface area contributed by atoms with Crippen LogP contribution in [0.3, 0.4) is 0 Å². The highest BCUT2D eigenvalue weighted by Gasteiger charge is 2.34. The lowest BCUT2D eigenvalue weighted by atomic mass is 9.77. The van der Waals surface area contributed by atoms with E-state index in [0.717, 1.165) is 5.76 Å². The second kappa shape index (κ2) is 9.44. The predicted molar refractivity (Wildman–Crippen MR) is 89.4 cm³/mol. The number of aliphatic imine (C=N–C) groups is 1. The Morgan fingerprint density at radius 2 is 1.86 bits per heavy atom. The molecule has 0 N–H and O–H groups in total. The fourth-order valence-corrected chi connectivity index (χ4v) is 2.59. The van der Waals surface area contributed by atoms with Crippen LogP contribution in [0.25, 0.3) is 0 Å². The number of nitrogens with zero attached hydrogens (tertiary/aromatic N) is 1. The van der Waals surface area contributed by atoms with Crippen molar-refractivity contribution in [3.05, 3.63) is 24.3 Å².